The molecule has 0 aliphatic carbocycles. The lowest BCUT2D eigenvalue weighted by molar-refractivity contribution is -0.140. The third-order valence-electron chi connectivity index (χ3n) is 3.39. The Kier molecular flexibility index (Phi) is 6.10. The van der Waals surface area contributed by atoms with E-state index < -0.39 is 12.0 Å². The van der Waals surface area contributed by atoms with Crippen molar-refractivity contribution in [1.82, 2.24) is 5.32 Å². The largest absolute Gasteiger partial charge is 0.480 e. The maximum atomic E-state index is 11.2. The normalized spacial score (nSPS) is 12.6. The summed E-state index contributed by atoms with van der Waals surface area (Å²) >= 11 is 11.9. The second-order valence-electron chi connectivity index (χ2n) is 5.80. The first-order chi connectivity index (χ1) is 10.9. The van der Waals surface area contributed by atoms with Crippen molar-refractivity contribution < 1.29 is 14.3 Å². The molecule has 0 aliphatic heterocycles. The summed E-state index contributed by atoms with van der Waals surface area (Å²) in [6, 6.07) is 8.33. The van der Waals surface area contributed by atoms with E-state index in [0.29, 0.717) is 40.4 Å². The van der Waals surface area contributed by atoms with Gasteiger partial charge >= 0.3 is 5.97 Å². The maximum absolute atomic E-state index is 11.2. The molecule has 2 rings (SSSR count). The van der Waals surface area contributed by atoms with E-state index in [1.54, 1.807) is 12.1 Å². The van der Waals surface area contributed by atoms with Crippen LogP contribution in [0.1, 0.15) is 26.0 Å². The first kappa shape index (κ1) is 17.9. The fourth-order valence-corrected chi connectivity index (χ4v) is 2.54. The van der Waals surface area contributed by atoms with Gasteiger partial charge in [-0.05, 0) is 42.7 Å². The number of benzene rings is 1. The van der Waals surface area contributed by atoms with E-state index >= 15 is 0 Å². The highest BCUT2D eigenvalue weighted by Crippen LogP contribution is 2.29. The Morgan fingerprint density at radius 3 is 2.57 bits per heavy atom. The second kappa shape index (κ2) is 7.86. The molecule has 1 aromatic heterocycles. The summed E-state index contributed by atoms with van der Waals surface area (Å²) in [5.74, 6) is 0.777. The zero-order chi connectivity index (χ0) is 17.0. The number of furan rings is 1. The van der Waals surface area contributed by atoms with Crippen LogP contribution in [0.4, 0.5) is 0 Å². The first-order valence-corrected chi connectivity index (χ1v) is 8.12. The van der Waals surface area contributed by atoms with Crippen LogP contribution in [0.25, 0.3) is 11.3 Å². The molecular weight excluding hydrogens is 337 g/mol. The molecule has 0 bridgehead atoms. The van der Waals surface area contributed by atoms with Gasteiger partial charge in [0, 0.05) is 5.56 Å². The Bertz CT molecular complexity index is 682. The lowest BCUT2D eigenvalue weighted by Crippen LogP contribution is -2.37. The molecule has 0 saturated carbocycles. The van der Waals surface area contributed by atoms with Gasteiger partial charge in [0.15, 0.2) is 0 Å². The molecular formula is C17H19Cl2NO3. The number of carboxylic acid groups (broad SMARTS) is 1. The fourth-order valence-electron chi connectivity index (χ4n) is 2.24. The Morgan fingerprint density at radius 2 is 1.96 bits per heavy atom. The second-order valence-corrected chi connectivity index (χ2v) is 6.61. The summed E-state index contributed by atoms with van der Waals surface area (Å²) in [4.78, 5) is 11.2. The summed E-state index contributed by atoms with van der Waals surface area (Å²) in [7, 11) is 0. The maximum Gasteiger partial charge on any atom is 0.320 e. The highest BCUT2D eigenvalue weighted by atomic mass is 35.5. The van der Waals surface area contributed by atoms with E-state index in [4.69, 9.17) is 27.6 Å². The van der Waals surface area contributed by atoms with Crippen LogP contribution in [0.15, 0.2) is 34.7 Å². The molecule has 0 aliphatic rings. The van der Waals surface area contributed by atoms with Crippen molar-refractivity contribution in [1.29, 1.82) is 0 Å². The van der Waals surface area contributed by atoms with E-state index in [1.807, 2.05) is 32.0 Å². The monoisotopic (exact) mass is 355 g/mol. The van der Waals surface area contributed by atoms with Crippen molar-refractivity contribution in [2.45, 2.75) is 32.9 Å². The molecule has 1 heterocycles. The van der Waals surface area contributed by atoms with Crippen molar-refractivity contribution >= 4 is 29.2 Å². The molecule has 0 amide bonds. The molecule has 0 radical (unpaired) electrons. The number of carbonyl (C=O) groups is 1. The SMILES string of the molecule is CC(C)C[C@H](NCc1ccc(-c2ccc(Cl)c(Cl)c2)o1)C(=O)O. The van der Waals surface area contributed by atoms with E-state index in [0.717, 1.165) is 5.56 Å². The number of hydrogen-bond acceptors (Lipinski definition) is 3. The molecule has 4 nitrogen and oxygen atoms in total. The van der Waals surface area contributed by atoms with Gasteiger partial charge in [-0.2, -0.15) is 0 Å². The Balaban J connectivity index is 2.04. The van der Waals surface area contributed by atoms with Gasteiger partial charge < -0.3 is 9.52 Å². The summed E-state index contributed by atoms with van der Waals surface area (Å²) < 4.78 is 5.74. The van der Waals surface area contributed by atoms with Crippen LogP contribution in [-0.4, -0.2) is 17.1 Å². The van der Waals surface area contributed by atoms with Crippen molar-refractivity contribution in [2.24, 2.45) is 5.92 Å². The lowest BCUT2D eigenvalue weighted by Gasteiger charge is -2.15. The summed E-state index contributed by atoms with van der Waals surface area (Å²) in [5.41, 5.74) is 0.822. The number of aliphatic carboxylic acids is 1. The first-order valence-electron chi connectivity index (χ1n) is 7.37. The molecule has 2 N–H and O–H groups in total. The van der Waals surface area contributed by atoms with E-state index in [2.05, 4.69) is 5.32 Å². The number of halogens is 2. The molecule has 0 unspecified atom stereocenters. The summed E-state index contributed by atoms with van der Waals surface area (Å²) in [6.45, 7) is 4.34. The highest BCUT2D eigenvalue weighted by Gasteiger charge is 2.18. The minimum absolute atomic E-state index is 0.298. The summed E-state index contributed by atoms with van der Waals surface area (Å²) in [6.07, 6.45) is 0.565. The molecule has 0 saturated heterocycles. The molecule has 1 atom stereocenters. The van der Waals surface area contributed by atoms with E-state index in [9.17, 15) is 9.90 Å². The molecule has 2 aromatic rings. The van der Waals surface area contributed by atoms with Crippen LogP contribution in [0.3, 0.4) is 0 Å². The smallest absolute Gasteiger partial charge is 0.320 e. The van der Waals surface area contributed by atoms with Gasteiger partial charge in [0.05, 0.1) is 16.6 Å². The van der Waals surface area contributed by atoms with Gasteiger partial charge in [0.2, 0.25) is 0 Å². The van der Waals surface area contributed by atoms with Crippen molar-refractivity contribution in [3.8, 4) is 11.3 Å². The predicted molar refractivity (Wildman–Crippen MR) is 91.9 cm³/mol. The third-order valence-corrected chi connectivity index (χ3v) is 4.13. The highest BCUT2D eigenvalue weighted by molar-refractivity contribution is 6.42. The molecule has 1 aromatic carbocycles. The van der Waals surface area contributed by atoms with Crippen LogP contribution < -0.4 is 5.32 Å². The molecule has 0 fully saturated rings. The average molecular weight is 356 g/mol. The zero-order valence-electron chi connectivity index (χ0n) is 13.0. The minimum Gasteiger partial charge on any atom is -0.480 e. The Hall–Kier alpha value is -1.49. The van der Waals surface area contributed by atoms with Crippen LogP contribution in [-0.2, 0) is 11.3 Å². The Morgan fingerprint density at radius 1 is 1.22 bits per heavy atom. The van der Waals surface area contributed by atoms with Gasteiger partial charge in [-0.25, -0.2) is 0 Å². The summed E-state index contributed by atoms with van der Waals surface area (Å²) in [5, 5.41) is 13.2. The van der Waals surface area contributed by atoms with Gasteiger partial charge in [0.25, 0.3) is 0 Å². The standard InChI is InChI=1S/C17H19Cl2NO3/c1-10(2)7-15(17(21)22)20-9-12-4-6-16(23-12)11-3-5-13(18)14(19)8-11/h3-6,8,10,15,20H,7,9H2,1-2H3,(H,21,22)/t15-/m0/s1. The quantitative estimate of drug-likeness (QED) is 0.745. The predicted octanol–water partition coefficient (Wildman–Crippen LogP) is 4.84. The van der Waals surface area contributed by atoms with Gasteiger partial charge in [-0.15, -0.1) is 0 Å². The molecule has 0 spiro atoms. The van der Waals surface area contributed by atoms with Crippen LogP contribution in [0.2, 0.25) is 10.0 Å². The zero-order valence-corrected chi connectivity index (χ0v) is 14.5. The van der Waals surface area contributed by atoms with Gasteiger partial charge in [-0.3, -0.25) is 10.1 Å². The van der Waals surface area contributed by atoms with Crippen LogP contribution in [0, 0.1) is 5.92 Å². The van der Waals surface area contributed by atoms with Crippen LogP contribution >= 0.6 is 23.2 Å². The number of hydrogen-bond donors (Lipinski definition) is 2. The Labute approximate surface area is 145 Å². The van der Waals surface area contributed by atoms with Gasteiger partial charge in [-0.1, -0.05) is 37.0 Å². The number of nitrogens with one attached hydrogen (secondary N) is 1. The van der Waals surface area contributed by atoms with Crippen molar-refractivity contribution in [3.05, 3.63) is 46.1 Å². The molecule has 124 valence electrons. The van der Waals surface area contributed by atoms with E-state index in [1.165, 1.54) is 0 Å². The van der Waals surface area contributed by atoms with Crippen molar-refractivity contribution in [3.63, 3.8) is 0 Å². The molecule has 23 heavy (non-hydrogen) atoms. The van der Waals surface area contributed by atoms with Crippen LogP contribution in [0.5, 0.6) is 0 Å². The lowest BCUT2D eigenvalue weighted by atomic mass is 10.0. The van der Waals surface area contributed by atoms with Gasteiger partial charge in [0.1, 0.15) is 17.6 Å². The average Bonchev–Trinajstić information content (AvgIpc) is 2.94. The van der Waals surface area contributed by atoms with E-state index in [-0.39, 0.29) is 0 Å². The minimum atomic E-state index is -0.852. The fraction of sp³-hybridized carbons (Fsp3) is 0.353. The molecule has 6 heteroatoms. The van der Waals surface area contributed by atoms with Crippen molar-refractivity contribution in [2.75, 3.05) is 0 Å². The third kappa shape index (κ3) is 4.99. The number of rotatable bonds is 7. The number of carboxylic acids is 1. The topological polar surface area (TPSA) is 62.5 Å².